The van der Waals surface area contributed by atoms with Gasteiger partial charge in [-0.3, -0.25) is 9.69 Å². The van der Waals surface area contributed by atoms with E-state index in [-0.39, 0.29) is 11.8 Å². The minimum atomic E-state index is 0.110. The molecule has 1 aromatic carbocycles. The van der Waals surface area contributed by atoms with Crippen molar-refractivity contribution in [1.29, 1.82) is 0 Å². The van der Waals surface area contributed by atoms with E-state index in [0.717, 1.165) is 23.3 Å². The van der Waals surface area contributed by atoms with Gasteiger partial charge in [0, 0.05) is 30.1 Å². The van der Waals surface area contributed by atoms with Crippen molar-refractivity contribution < 1.29 is 4.79 Å². The number of carbonyl (C=O) groups is 1. The van der Waals surface area contributed by atoms with Crippen molar-refractivity contribution in [2.45, 2.75) is 18.9 Å². The van der Waals surface area contributed by atoms with E-state index in [4.69, 9.17) is 11.6 Å². The summed E-state index contributed by atoms with van der Waals surface area (Å²) >= 11 is 7.41. The van der Waals surface area contributed by atoms with Crippen LogP contribution in [0.4, 0.5) is 5.82 Å². The second-order valence-corrected chi connectivity index (χ2v) is 6.85. The van der Waals surface area contributed by atoms with Gasteiger partial charge in [0.05, 0.1) is 4.88 Å². The molecule has 0 aliphatic heterocycles. The van der Waals surface area contributed by atoms with E-state index in [1.807, 2.05) is 37.4 Å². The number of carbonyl (C=O) groups excluding carboxylic acids is 1. The summed E-state index contributed by atoms with van der Waals surface area (Å²) in [5.74, 6) is 0.964. The number of amides is 1. The van der Waals surface area contributed by atoms with Gasteiger partial charge in [-0.1, -0.05) is 23.7 Å². The van der Waals surface area contributed by atoms with Crippen LogP contribution in [0.2, 0.25) is 5.02 Å². The zero-order chi connectivity index (χ0) is 15.7. The van der Waals surface area contributed by atoms with Crippen LogP contribution in [0.15, 0.2) is 30.3 Å². The number of nitrogens with zero attached hydrogens (tertiary/aromatic N) is 2. The molecule has 1 N–H and O–H groups in total. The molecular weight excluding hydrogens is 318 g/mol. The zero-order valence-electron chi connectivity index (χ0n) is 12.5. The van der Waals surface area contributed by atoms with E-state index in [2.05, 4.69) is 9.69 Å². The Bertz CT molecular complexity index is 682. The summed E-state index contributed by atoms with van der Waals surface area (Å²) in [6.07, 6.45) is 1.82. The van der Waals surface area contributed by atoms with E-state index in [1.165, 1.54) is 11.5 Å². The minimum absolute atomic E-state index is 0.110. The van der Waals surface area contributed by atoms with Crippen LogP contribution in [0.3, 0.4) is 0 Å². The van der Waals surface area contributed by atoms with Crippen molar-refractivity contribution in [3.05, 3.63) is 35.4 Å². The van der Waals surface area contributed by atoms with E-state index < -0.39 is 0 Å². The van der Waals surface area contributed by atoms with Gasteiger partial charge in [0.2, 0.25) is 5.91 Å². The Morgan fingerprint density at radius 2 is 2.18 bits per heavy atom. The number of rotatable bonds is 4. The molecule has 0 spiro atoms. The van der Waals surface area contributed by atoms with Crippen molar-refractivity contribution in [2.24, 2.45) is 5.92 Å². The van der Waals surface area contributed by atoms with Crippen molar-refractivity contribution in [3.63, 3.8) is 0 Å². The SMILES string of the molecule is CNC1CC(C(=O)N(C)c2cc(-c3cccc(Cl)c3)sn2)C1. The van der Waals surface area contributed by atoms with Crippen LogP contribution in [0.25, 0.3) is 10.4 Å². The maximum absolute atomic E-state index is 12.4. The summed E-state index contributed by atoms with van der Waals surface area (Å²) in [7, 11) is 3.73. The first-order valence-corrected chi connectivity index (χ1v) is 8.41. The molecule has 1 saturated carbocycles. The molecule has 1 aliphatic rings. The van der Waals surface area contributed by atoms with Gasteiger partial charge in [0.25, 0.3) is 0 Å². The fraction of sp³-hybridized carbons (Fsp3) is 0.375. The van der Waals surface area contributed by atoms with Gasteiger partial charge < -0.3 is 5.32 Å². The topological polar surface area (TPSA) is 45.2 Å². The zero-order valence-corrected chi connectivity index (χ0v) is 14.1. The molecule has 6 heteroatoms. The van der Waals surface area contributed by atoms with Gasteiger partial charge in [-0.05, 0) is 49.1 Å². The fourth-order valence-corrected chi connectivity index (χ4v) is 3.59. The molecule has 2 aromatic rings. The predicted molar refractivity (Wildman–Crippen MR) is 91.5 cm³/mol. The van der Waals surface area contributed by atoms with Crippen LogP contribution < -0.4 is 10.2 Å². The van der Waals surface area contributed by atoms with Gasteiger partial charge in [-0.2, -0.15) is 4.37 Å². The summed E-state index contributed by atoms with van der Waals surface area (Å²) in [4.78, 5) is 15.1. The Morgan fingerprint density at radius 3 is 2.86 bits per heavy atom. The molecule has 1 aliphatic carbocycles. The van der Waals surface area contributed by atoms with Gasteiger partial charge in [-0.25, -0.2) is 0 Å². The van der Waals surface area contributed by atoms with Crippen LogP contribution in [0.1, 0.15) is 12.8 Å². The Kier molecular flexibility index (Phi) is 4.47. The van der Waals surface area contributed by atoms with E-state index in [0.29, 0.717) is 16.9 Å². The number of hydrogen-bond donors (Lipinski definition) is 1. The average Bonchev–Trinajstić information content (AvgIpc) is 2.95. The Balaban J connectivity index is 1.72. The standard InChI is InChI=1S/C16H18ClN3OS/c1-18-13-7-11(8-13)16(21)20(2)15-9-14(22-19-15)10-4-3-5-12(17)6-10/h3-6,9,11,13,18H,7-8H2,1-2H3. The number of hydrogen-bond acceptors (Lipinski definition) is 4. The highest BCUT2D eigenvalue weighted by molar-refractivity contribution is 7.09. The molecular formula is C16H18ClN3OS. The largest absolute Gasteiger partial charge is 0.317 e. The lowest BCUT2D eigenvalue weighted by Gasteiger charge is -2.35. The van der Waals surface area contributed by atoms with Crippen LogP contribution in [0, 0.1) is 5.92 Å². The molecule has 3 rings (SSSR count). The van der Waals surface area contributed by atoms with Crippen molar-refractivity contribution in [1.82, 2.24) is 9.69 Å². The number of benzene rings is 1. The van der Waals surface area contributed by atoms with E-state index in [9.17, 15) is 4.79 Å². The van der Waals surface area contributed by atoms with Crippen molar-refractivity contribution >= 4 is 34.9 Å². The second-order valence-electron chi connectivity index (χ2n) is 5.61. The highest BCUT2D eigenvalue weighted by Crippen LogP contribution is 2.33. The molecule has 1 heterocycles. The summed E-state index contributed by atoms with van der Waals surface area (Å²) in [6.45, 7) is 0. The maximum atomic E-state index is 12.4. The minimum Gasteiger partial charge on any atom is -0.317 e. The summed E-state index contributed by atoms with van der Waals surface area (Å²) in [5.41, 5.74) is 1.02. The third-order valence-corrected chi connectivity index (χ3v) is 5.24. The molecule has 0 saturated heterocycles. The van der Waals surface area contributed by atoms with E-state index in [1.54, 1.807) is 11.9 Å². The molecule has 1 amide bonds. The highest BCUT2D eigenvalue weighted by Gasteiger charge is 2.35. The summed E-state index contributed by atoms with van der Waals surface area (Å²) in [5, 5.41) is 3.90. The fourth-order valence-electron chi connectivity index (χ4n) is 2.64. The molecule has 1 fully saturated rings. The lowest BCUT2D eigenvalue weighted by atomic mass is 9.79. The normalized spacial score (nSPS) is 20.5. The van der Waals surface area contributed by atoms with Crippen LogP contribution in [-0.4, -0.2) is 30.4 Å². The van der Waals surface area contributed by atoms with Gasteiger partial charge in [-0.15, -0.1) is 0 Å². The smallest absolute Gasteiger partial charge is 0.231 e. The monoisotopic (exact) mass is 335 g/mol. The molecule has 22 heavy (non-hydrogen) atoms. The third kappa shape index (κ3) is 3.02. The predicted octanol–water partition coefficient (Wildman–Crippen LogP) is 3.42. The molecule has 4 nitrogen and oxygen atoms in total. The lowest BCUT2D eigenvalue weighted by Crippen LogP contribution is -2.47. The number of nitrogens with one attached hydrogen (secondary N) is 1. The Hall–Kier alpha value is -1.43. The molecule has 0 unspecified atom stereocenters. The number of halogens is 1. The first kappa shape index (κ1) is 15.5. The molecule has 0 atom stereocenters. The Morgan fingerprint density at radius 1 is 1.41 bits per heavy atom. The molecule has 0 bridgehead atoms. The van der Waals surface area contributed by atoms with Gasteiger partial charge >= 0.3 is 0 Å². The van der Waals surface area contributed by atoms with Crippen LogP contribution in [-0.2, 0) is 4.79 Å². The quantitative estimate of drug-likeness (QED) is 0.931. The summed E-state index contributed by atoms with van der Waals surface area (Å²) < 4.78 is 4.41. The van der Waals surface area contributed by atoms with Crippen LogP contribution >= 0.6 is 23.1 Å². The molecule has 116 valence electrons. The third-order valence-electron chi connectivity index (χ3n) is 4.18. The van der Waals surface area contributed by atoms with Gasteiger partial charge in [0.15, 0.2) is 0 Å². The average molecular weight is 336 g/mol. The lowest BCUT2D eigenvalue weighted by molar-refractivity contribution is -0.125. The number of anilines is 1. The van der Waals surface area contributed by atoms with Crippen LogP contribution in [0.5, 0.6) is 0 Å². The van der Waals surface area contributed by atoms with Crippen molar-refractivity contribution in [3.8, 4) is 10.4 Å². The molecule has 1 aromatic heterocycles. The van der Waals surface area contributed by atoms with Gasteiger partial charge in [0.1, 0.15) is 5.82 Å². The first-order valence-electron chi connectivity index (χ1n) is 7.26. The second kappa shape index (κ2) is 6.36. The Labute approximate surface area is 139 Å². The first-order chi connectivity index (χ1) is 10.6. The highest BCUT2D eigenvalue weighted by atomic mass is 35.5. The van der Waals surface area contributed by atoms with E-state index >= 15 is 0 Å². The maximum Gasteiger partial charge on any atom is 0.231 e. The summed E-state index contributed by atoms with van der Waals surface area (Å²) in [6, 6.07) is 10.1. The number of aromatic nitrogens is 1. The van der Waals surface area contributed by atoms with Crippen molar-refractivity contribution in [2.75, 3.05) is 19.0 Å². The molecule has 0 radical (unpaired) electrons.